The molecule has 130 valence electrons. The number of imide groups is 1. The molecule has 6 nitrogen and oxygen atoms in total. The quantitative estimate of drug-likeness (QED) is 0.517. The lowest BCUT2D eigenvalue weighted by atomic mass is 10.2. The van der Waals surface area contributed by atoms with E-state index in [1.165, 1.54) is 25.2 Å². The molecule has 3 amide bonds. The fourth-order valence-corrected chi connectivity index (χ4v) is 2.91. The van der Waals surface area contributed by atoms with Gasteiger partial charge in [-0.25, -0.2) is 19.1 Å². The molecule has 1 heterocycles. The number of hydrogen-bond donors (Lipinski definition) is 1. The average molecular weight is 485 g/mol. The van der Waals surface area contributed by atoms with Crippen LogP contribution in [0.3, 0.4) is 0 Å². The Hall–Kier alpha value is -1.03. The van der Waals surface area contributed by atoms with Crippen LogP contribution in [-0.2, 0) is 4.79 Å². The molecule has 0 saturated carbocycles. The highest BCUT2D eigenvalue weighted by Gasteiger charge is 2.44. The lowest BCUT2D eigenvalue weighted by molar-refractivity contribution is -0.119. The van der Waals surface area contributed by atoms with E-state index in [-0.39, 0.29) is 17.4 Å². The van der Waals surface area contributed by atoms with Crippen LogP contribution >= 0.6 is 43.5 Å². The molecule has 1 aliphatic rings. The van der Waals surface area contributed by atoms with Crippen LogP contribution in [0.15, 0.2) is 29.3 Å². The largest absolute Gasteiger partial charge is 0.337 e. The van der Waals surface area contributed by atoms with Crippen LogP contribution in [0.1, 0.15) is 0 Å². The minimum absolute atomic E-state index is 0.0468. The second kappa shape index (κ2) is 7.47. The maximum absolute atomic E-state index is 14.1. The summed E-state index contributed by atoms with van der Waals surface area (Å²) >= 11 is 12.6. The molecule has 1 N–H and O–H groups in total. The van der Waals surface area contributed by atoms with Gasteiger partial charge in [0.2, 0.25) is 5.84 Å². The highest BCUT2D eigenvalue weighted by molar-refractivity contribution is 9.25. The van der Waals surface area contributed by atoms with Crippen molar-refractivity contribution in [3.05, 3.63) is 30.1 Å². The van der Waals surface area contributed by atoms with Crippen LogP contribution in [0, 0.1) is 5.82 Å². The lowest BCUT2D eigenvalue weighted by Crippen LogP contribution is -2.43. The Kier molecular flexibility index (Phi) is 6.00. The molecule has 0 bridgehead atoms. The van der Waals surface area contributed by atoms with E-state index in [0.717, 1.165) is 9.80 Å². The van der Waals surface area contributed by atoms with Gasteiger partial charge in [0, 0.05) is 7.05 Å². The van der Waals surface area contributed by atoms with Gasteiger partial charge in [-0.15, -0.1) is 11.6 Å². The summed E-state index contributed by atoms with van der Waals surface area (Å²) in [6.07, 6.45) is -0.692. The first-order chi connectivity index (χ1) is 11.2. The Labute approximate surface area is 160 Å². The number of benzene rings is 1. The lowest BCUT2D eigenvalue weighted by Gasteiger charge is -2.26. The van der Waals surface area contributed by atoms with Crippen molar-refractivity contribution in [3.8, 4) is 0 Å². The highest BCUT2D eigenvalue weighted by Crippen LogP contribution is 2.33. The number of nitrogens with zero attached hydrogens (tertiary/aromatic N) is 3. The van der Waals surface area contributed by atoms with Crippen molar-refractivity contribution in [3.63, 3.8) is 0 Å². The SMILES string of the molecule is CNC(N=C1C(=O)N(C)C(=O)N1c1ccccc1F)C(Br)(Br)CCl. The van der Waals surface area contributed by atoms with Crippen molar-refractivity contribution < 1.29 is 14.0 Å². The fourth-order valence-electron chi connectivity index (χ4n) is 2.10. The van der Waals surface area contributed by atoms with Crippen molar-refractivity contribution in [2.75, 3.05) is 24.9 Å². The molecule has 10 heteroatoms. The van der Waals surface area contributed by atoms with E-state index in [1.807, 2.05) is 0 Å². The standard InChI is InChI=1S/C14H14Br2ClFN4O2/c1-19-12(14(15,16)7-17)20-10-11(23)21(2)13(24)22(10)9-6-4-3-5-8(9)18/h3-6,12,19H,7H2,1-2H3. The number of carbonyl (C=O) groups excluding carboxylic acids is 2. The van der Waals surface area contributed by atoms with Gasteiger partial charge < -0.3 is 0 Å². The Bertz CT molecular complexity index is 701. The summed E-state index contributed by atoms with van der Waals surface area (Å²) in [5.74, 6) is -1.34. The van der Waals surface area contributed by atoms with Gasteiger partial charge in [-0.3, -0.25) is 15.0 Å². The smallest absolute Gasteiger partial charge is 0.297 e. The summed E-state index contributed by atoms with van der Waals surface area (Å²) in [5, 5.41) is 2.89. The zero-order valence-corrected chi connectivity index (χ0v) is 16.7. The first-order valence-corrected chi connectivity index (χ1v) is 8.92. The number of alkyl halides is 3. The summed E-state index contributed by atoms with van der Waals surface area (Å²) in [6, 6.07) is 4.99. The predicted molar refractivity (Wildman–Crippen MR) is 98.6 cm³/mol. The number of aliphatic imine (C=N–C) groups is 1. The van der Waals surface area contributed by atoms with E-state index >= 15 is 0 Å². The first-order valence-electron chi connectivity index (χ1n) is 6.80. The van der Waals surface area contributed by atoms with Gasteiger partial charge in [-0.1, -0.05) is 44.0 Å². The maximum Gasteiger partial charge on any atom is 0.337 e. The predicted octanol–water partition coefficient (Wildman–Crippen LogP) is 2.89. The van der Waals surface area contributed by atoms with Crippen LogP contribution in [0.5, 0.6) is 0 Å². The molecule has 1 saturated heterocycles. The zero-order chi connectivity index (χ0) is 18.1. The molecule has 1 aliphatic heterocycles. The van der Waals surface area contributed by atoms with Crippen molar-refractivity contribution in [2.24, 2.45) is 4.99 Å². The monoisotopic (exact) mass is 482 g/mol. The number of likely N-dealkylation sites (N-methyl/N-ethyl adjacent to an activating group) is 1. The van der Waals surface area contributed by atoms with Crippen molar-refractivity contribution in [1.82, 2.24) is 10.2 Å². The van der Waals surface area contributed by atoms with Gasteiger partial charge in [-0.2, -0.15) is 0 Å². The van der Waals surface area contributed by atoms with E-state index in [0.29, 0.717) is 0 Å². The number of amidine groups is 1. The molecule has 1 aromatic carbocycles. The normalized spacial score (nSPS) is 18.7. The van der Waals surface area contributed by atoms with Crippen LogP contribution in [0.2, 0.25) is 0 Å². The fraction of sp³-hybridized carbons (Fsp3) is 0.357. The van der Waals surface area contributed by atoms with Crippen molar-refractivity contribution >= 4 is 66.9 Å². The first kappa shape index (κ1) is 19.3. The molecule has 1 unspecified atom stereocenters. The molecule has 1 atom stereocenters. The van der Waals surface area contributed by atoms with Gasteiger partial charge >= 0.3 is 6.03 Å². The van der Waals surface area contributed by atoms with E-state index in [1.54, 1.807) is 13.1 Å². The third kappa shape index (κ3) is 3.49. The molecule has 0 radical (unpaired) electrons. The van der Waals surface area contributed by atoms with Gasteiger partial charge in [0.05, 0.1) is 11.6 Å². The second-order valence-electron chi connectivity index (χ2n) is 4.97. The third-order valence-electron chi connectivity index (χ3n) is 3.38. The number of rotatable bonds is 5. The Morgan fingerprint density at radius 3 is 2.54 bits per heavy atom. The maximum atomic E-state index is 14.1. The van der Waals surface area contributed by atoms with E-state index in [4.69, 9.17) is 11.6 Å². The van der Waals surface area contributed by atoms with Gasteiger partial charge in [0.1, 0.15) is 15.2 Å². The zero-order valence-electron chi connectivity index (χ0n) is 12.8. The van der Waals surface area contributed by atoms with Gasteiger partial charge in [0.15, 0.2) is 0 Å². The van der Waals surface area contributed by atoms with Crippen LogP contribution in [0.4, 0.5) is 14.9 Å². The number of carbonyl (C=O) groups is 2. The van der Waals surface area contributed by atoms with Crippen molar-refractivity contribution in [2.45, 2.75) is 9.40 Å². The van der Waals surface area contributed by atoms with E-state index in [9.17, 15) is 14.0 Å². The Balaban J connectivity index is 2.56. The number of halogens is 4. The number of nitrogens with one attached hydrogen (secondary N) is 1. The second-order valence-corrected chi connectivity index (χ2v) is 9.13. The van der Waals surface area contributed by atoms with Crippen LogP contribution in [-0.4, -0.2) is 52.0 Å². The minimum atomic E-state index is -0.852. The molecular weight excluding hydrogens is 470 g/mol. The summed E-state index contributed by atoms with van der Waals surface area (Å²) < 4.78 is 13.3. The van der Waals surface area contributed by atoms with Gasteiger partial charge in [0.25, 0.3) is 5.91 Å². The summed E-state index contributed by atoms with van der Waals surface area (Å²) in [6.45, 7) is 0. The Morgan fingerprint density at radius 2 is 2.00 bits per heavy atom. The van der Waals surface area contributed by atoms with E-state index < -0.39 is 27.2 Å². The van der Waals surface area contributed by atoms with Crippen LogP contribution in [0.25, 0.3) is 0 Å². The van der Waals surface area contributed by atoms with Crippen LogP contribution < -0.4 is 10.2 Å². The van der Waals surface area contributed by atoms with Crippen molar-refractivity contribution in [1.29, 1.82) is 0 Å². The molecular formula is C14H14Br2ClFN4O2. The average Bonchev–Trinajstić information content (AvgIpc) is 2.77. The number of para-hydroxylation sites is 1. The summed E-state index contributed by atoms with van der Waals surface area (Å²) in [7, 11) is 2.93. The number of amides is 3. The third-order valence-corrected chi connectivity index (χ3v) is 5.88. The summed E-state index contributed by atoms with van der Waals surface area (Å²) in [4.78, 5) is 30.9. The highest BCUT2D eigenvalue weighted by atomic mass is 79.9. The number of anilines is 1. The molecule has 0 aromatic heterocycles. The molecule has 0 aliphatic carbocycles. The molecule has 1 aromatic rings. The van der Waals surface area contributed by atoms with Gasteiger partial charge in [-0.05, 0) is 19.2 Å². The Morgan fingerprint density at radius 1 is 1.38 bits per heavy atom. The molecule has 0 spiro atoms. The van der Waals surface area contributed by atoms with E-state index in [2.05, 4.69) is 42.2 Å². The number of urea groups is 1. The topological polar surface area (TPSA) is 65.0 Å². The minimum Gasteiger partial charge on any atom is -0.297 e. The molecule has 2 rings (SSSR count). The molecule has 24 heavy (non-hydrogen) atoms. The number of hydrogen-bond acceptors (Lipinski definition) is 4. The molecule has 1 fully saturated rings. The summed E-state index contributed by atoms with van der Waals surface area (Å²) in [5.41, 5.74) is -0.0468.